The van der Waals surface area contributed by atoms with Crippen molar-refractivity contribution in [2.75, 3.05) is 0 Å². The van der Waals surface area contributed by atoms with E-state index in [0.29, 0.717) is 0 Å². The Labute approximate surface area is 120 Å². The fraction of sp³-hybridized carbons (Fsp3) is 0.750. The molecule has 0 aromatic rings. The zero-order valence-electron chi connectivity index (χ0n) is 10.0. The first-order valence-electron chi connectivity index (χ1n) is 4.72. The second-order valence-corrected chi connectivity index (χ2v) is 5.22. The van der Waals surface area contributed by atoms with Crippen LogP contribution in [0.2, 0.25) is 0 Å². The summed E-state index contributed by atoms with van der Waals surface area (Å²) >= 11 is 0. The fourth-order valence-corrected chi connectivity index (χ4v) is 1.58. The van der Waals surface area contributed by atoms with E-state index in [0.717, 1.165) is 0 Å². The van der Waals surface area contributed by atoms with Crippen LogP contribution in [-0.2, 0) is 10.8 Å². The minimum absolute atomic E-state index is 0.621. The van der Waals surface area contributed by atoms with Crippen LogP contribution in [0.5, 0.6) is 0 Å². The Balaban J connectivity index is 6.36. The normalized spacial score (nSPS) is 17.1. The average molecular weight is 394 g/mol. The third-order valence-electron chi connectivity index (χ3n) is 2.31. The predicted molar refractivity (Wildman–Crippen MR) is 49.1 cm³/mol. The standard InChI is InChI=1S/C8H3F13OS/c1-2-23(22)8(20,21)6(15,16)4(11,12)3(9,10)5(13,14)7(17,18)19/h2H,1H2/t23-/m0/s1. The molecule has 1 nitrogen and oxygen atoms in total. The molecule has 0 saturated carbocycles. The summed E-state index contributed by atoms with van der Waals surface area (Å²) in [6.07, 6.45) is -7.47. The van der Waals surface area contributed by atoms with E-state index < -0.39 is 51.3 Å². The largest absolute Gasteiger partial charge is 0.460 e. The smallest absolute Gasteiger partial charge is 0.249 e. The van der Waals surface area contributed by atoms with E-state index in [2.05, 4.69) is 6.58 Å². The van der Waals surface area contributed by atoms with E-state index in [-0.39, 0.29) is 0 Å². The van der Waals surface area contributed by atoms with Crippen molar-refractivity contribution >= 4 is 10.8 Å². The van der Waals surface area contributed by atoms with Gasteiger partial charge in [-0.1, -0.05) is 6.58 Å². The zero-order valence-corrected chi connectivity index (χ0v) is 10.8. The Hall–Kier alpha value is -1.02. The number of alkyl halides is 13. The van der Waals surface area contributed by atoms with Gasteiger partial charge in [0.05, 0.1) is 0 Å². The van der Waals surface area contributed by atoms with Crippen molar-refractivity contribution in [1.82, 2.24) is 0 Å². The van der Waals surface area contributed by atoms with Crippen molar-refractivity contribution < 1.29 is 61.3 Å². The van der Waals surface area contributed by atoms with Gasteiger partial charge in [-0.25, -0.2) is 4.21 Å². The van der Waals surface area contributed by atoms with E-state index in [1.54, 1.807) is 0 Å². The number of rotatable bonds is 6. The molecular weight excluding hydrogens is 391 g/mol. The van der Waals surface area contributed by atoms with Gasteiger partial charge in [-0.2, -0.15) is 57.1 Å². The highest BCUT2D eigenvalue weighted by molar-refractivity contribution is 7.89. The van der Waals surface area contributed by atoms with Crippen LogP contribution < -0.4 is 0 Å². The highest BCUT2D eigenvalue weighted by atomic mass is 32.2. The monoisotopic (exact) mass is 394 g/mol. The van der Waals surface area contributed by atoms with Crippen molar-refractivity contribution in [3.05, 3.63) is 12.0 Å². The van der Waals surface area contributed by atoms with Crippen LogP contribution in [0.3, 0.4) is 0 Å². The molecule has 0 unspecified atom stereocenters. The highest BCUT2D eigenvalue weighted by Crippen LogP contribution is 2.60. The van der Waals surface area contributed by atoms with Crippen LogP contribution in [0.25, 0.3) is 0 Å². The van der Waals surface area contributed by atoms with Gasteiger partial charge < -0.3 is 0 Å². The molecule has 0 radical (unpaired) electrons. The Kier molecular flexibility index (Phi) is 5.27. The molecule has 0 rings (SSSR count). The van der Waals surface area contributed by atoms with Crippen LogP contribution in [0.15, 0.2) is 12.0 Å². The van der Waals surface area contributed by atoms with Crippen molar-refractivity contribution in [1.29, 1.82) is 0 Å². The SMILES string of the molecule is C=C[S@](=O)C(F)(F)C(F)(F)C(F)(F)C(F)(F)C(F)(F)C(F)(F)F. The summed E-state index contributed by atoms with van der Waals surface area (Å²) in [7, 11) is -4.49. The Morgan fingerprint density at radius 3 is 1.17 bits per heavy atom. The molecule has 0 heterocycles. The topological polar surface area (TPSA) is 17.1 Å². The van der Waals surface area contributed by atoms with Gasteiger partial charge in [0.1, 0.15) is 10.8 Å². The van der Waals surface area contributed by atoms with Gasteiger partial charge in [-0.15, -0.1) is 0 Å². The summed E-state index contributed by atoms with van der Waals surface area (Å²) in [6.45, 7) is 2.20. The summed E-state index contributed by atoms with van der Waals surface area (Å²) in [5, 5.41) is -7.24. The van der Waals surface area contributed by atoms with Gasteiger partial charge in [0, 0.05) is 5.41 Å². The zero-order chi connectivity index (χ0) is 19.3. The third-order valence-corrected chi connectivity index (χ3v) is 3.37. The molecule has 0 fully saturated rings. The summed E-state index contributed by atoms with van der Waals surface area (Å²) in [5.41, 5.74) is 0. The quantitative estimate of drug-likeness (QED) is 0.604. The summed E-state index contributed by atoms with van der Waals surface area (Å²) in [5.74, 6) is -31.3. The second-order valence-electron chi connectivity index (χ2n) is 3.78. The first kappa shape index (κ1) is 22.0. The second kappa shape index (κ2) is 5.51. The summed E-state index contributed by atoms with van der Waals surface area (Å²) < 4.78 is 173. The van der Waals surface area contributed by atoms with E-state index in [4.69, 9.17) is 0 Å². The molecule has 0 amide bonds. The molecule has 0 aliphatic carbocycles. The molecule has 0 saturated heterocycles. The van der Waals surface area contributed by atoms with Crippen LogP contribution in [0, 0.1) is 0 Å². The molecule has 0 aliphatic heterocycles. The van der Waals surface area contributed by atoms with Gasteiger partial charge in [-0.05, 0) is 0 Å². The lowest BCUT2D eigenvalue weighted by molar-refractivity contribution is -0.433. The first-order valence-corrected chi connectivity index (χ1v) is 5.93. The highest BCUT2D eigenvalue weighted by Gasteiger charge is 2.91. The first-order chi connectivity index (χ1) is 9.73. The molecule has 0 aliphatic rings. The van der Waals surface area contributed by atoms with E-state index in [1.807, 2.05) is 0 Å². The fourth-order valence-electron chi connectivity index (χ4n) is 0.986. The van der Waals surface area contributed by atoms with E-state index in [1.165, 1.54) is 0 Å². The van der Waals surface area contributed by atoms with Crippen molar-refractivity contribution in [3.8, 4) is 0 Å². The number of hydrogen-bond acceptors (Lipinski definition) is 1. The molecule has 15 heteroatoms. The molecule has 0 bridgehead atoms. The maximum Gasteiger partial charge on any atom is 0.460 e. The molecule has 138 valence electrons. The molecule has 0 N–H and O–H groups in total. The minimum atomic E-state index is -7.99. The van der Waals surface area contributed by atoms with Gasteiger partial charge in [0.2, 0.25) is 0 Å². The maximum absolute atomic E-state index is 12.9. The lowest BCUT2D eigenvalue weighted by atomic mass is 9.98. The van der Waals surface area contributed by atoms with Crippen molar-refractivity contribution in [3.63, 3.8) is 0 Å². The Morgan fingerprint density at radius 1 is 0.609 bits per heavy atom. The molecule has 1 atom stereocenters. The molecule has 23 heavy (non-hydrogen) atoms. The minimum Gasteiger partial charge on any atom is -0.249 e. The van der Waals surface area contributed by atoms with E-state index >= 15 is 0 Å². The lowest BCUT2D eigenvalue weighted by Gasteiger charge is -2.39. The van der Waals surface area contributed by atoms with Gasteiger partial charge >= 0.3 is 35.1 Å². The van der Waals surface area contributed by atoms with Crippen LogP contribution >= 0.6 is 0 Å². The summed E-state index contributed by atoms with van der Waals surface area (Å²) in [6, 6.07) is 0. The number of halogens is 13. The van der Waals surface area contributed by atoms with Crippen LogP contribution in [0.4, 0.5) is 57.1 Å². The molecule has 0 aromatic carbocycles. The van der Waals surface area contributed by atoms with E-state index in [9.17, 15) is 61.3 Å². The predicted octanol–water partition coefficient (Wildman–Crippen LogP) is 4.57. The van der Waals surface area contributed by atoms with Crippen molar-refractivity contribution in [2.45, 2.75) is 35.1 Å². The summed E-state index contributed by atoms with van der Waals surface area (Å²) in [4.78, 5) is 0. The Bertz CT molecular complexity index is 491. The third kappa shape index (κ3) is 2.80. The number of hydrogen-bond donors (Lipinski definition) is 0. The lowest BCUT2D eigenvalue weighted by Crippen LogP contribution is -2.70. The van der Waals surface area contributed by atoms with Crippen LogP contribution in [0.1, 0.15) is 0 Å². The molecule has 0 spiro atoms. The van der Waals surface area contributed by atoms with Crippen LogP contribution in [-0.4, -0.2) is 39.3 Å². The molecular formula is C8H3F13OS. The van der Waals surface area contributed by atoms with Gasteiger partial charge in [-0.3, -0.25) is 0 Å². The average Bonchev–Trinajstić information content (AvgIpc) is 2.35. The van der Waals surface area contributed by atoms with Gasteiger partial charge in [0.25, 0.3) is 0 Å². The molecule has 0 aromatic heterocycles. The van der Waals surface area contributed by atoms with Crippen molar-refractivity contribution in [2.24, 2.45) is 0 Å². The van der Waals surface area contributed by atoms with Gasteiger partial charge in [0.15, 0.2) is 0 Å². The maximum atomic E-state index is 12.9. The Morgan fingerprint density at radius 2 is 0.913 bits per heavy atom.